The second-order valence-corrected chi connectivity index (χ2v) is 9.23. The van der Waals surface area contributed by atoms with Crippen molar-refractivity contribution in [3.05, 3.63) is 96.1 Å². The summed E-state index contributed by atoms with van der Waals surface area (Å²) in [6.07, 6.45) is 0.994. The zero-order valence-corrected chi connectivity index (χ0v) is 20.4. The Morgan fingerprint density at radius 2 is 1.50 bits per heavy atom. The number of nitrogens with one attached hydrogen (secondary N) is 3. The van der Waals surface area contributed by atoms with Gasteiger partial charge in [0.2, 0.25) is 11.8 Å². The van der Waals surface area contributed by atoms with Gasteiger partial charge >= 0.3 is 0 Å². The van der Waals surface area contributed by atoms with E-state index in [4.69, 9.17) is 0 Å². The van der Waals surface area contributed by atoms with Crippen LogP contribution in [0.15, 0.2) is 84.9 Å². The fourth-order valence-electron chi connectivity index (χ4n) is 4.65. The lowest BCUT2D eigenvalue weighted by atomic mass is 9.97. The SMILES string of the molecule is CC(=O)Nc1cccc(NC(=O)CC[C@H]2CN(Cc3ccccc3)C[C@H]2NC(=O)c2ccccc2)c1. The van der Waals surface area contributed by atoms with Crippen LogP contribution >= 0.6 is 0 Å². The molecule has 1 fully saturated rings. The second-order valence-electron chi connectivity index (χ2n) is 9.23. The van der Waals surface area contributed by atoms with E-state index in [0.29, 0.717) is 29.8 Å². The van der Waals surface area contributed by atoms with Gasteiger partial charge in [-0.25, -0.2) is 0 Å². The first-order valence-electron chi connectivity index (χ1n) is 12.3. The summed E-state index contributed by atoms with van der Waals surface area (Å²) in [6, 6.07) is 26.5. The van der Waals surface area contributed by atoms with E-state index < -0.39 is 0 Å². The van der Waals surface area contributed by atoms with Crippen molar-refractivity contribution in [2.75, 3.05) is 23.7 Å². The molecule has 2 atom stereocenters. The minimum atomic E-state index is -0.164. The smallest absolute Gasteiger partial charge is 0.251 e. The summed E-state index contributed by atoms with van der Waals surface area (Å²) in [4.78, 5) is 39.2. The van der Waals surface area contributed by atoms with Gasteiger partial charge in [-0.05, 0) is 48.2 Å². The Balaban J connectivity index is 1.38. The van der Waals surface area contributed by atoms with E-state index in [2.05, 4.69) is 33.0 Å². The number of carbonyl (C=O) groups excluding carboxylic acids is 3. The minimum Gasteiger partial charge on any atom is -0.348 e. The number of benzene rings is 3. The summed E-state index contributed by atoms with van der Waals surface area (Å²) in [5.41, 5.74) is 3.13. The predicted molar refractivity (Wildman–Crippen MR) is 142 cm³/mol. The van der Waals surface area contributed by atoms with Crippen LogP contribution in [0.1, 0.15) is 35.7 Å². The highest BCUT2D eigenvalue weighted by atomic mass is 16.2. The van der Waals surface area contributed by atoms with Gasteiger partial charge in [0.05, 0.1) is 0 Å². The zero-order chi connectivity index (χ0) is 25.3. The Labute approximate surface area is 211 Å². The maximum Gasteiger partial charge on any atom is 0.251 e. The molecule has 3 N–H and O–H groups in total. The average molecular weight is 485 g/mol. The van der Waals surface area contributed by atoms with Crippen LogP contribution in [-0.4, -0.2) is 41.8 Å². The Bertz CT molecular complexity index is 1180. The van der Waals surface area contributed by atoms with Gasteiger partial charge in [-0.2, -0.15) is 0 Å². The maximum atomic E-state index is 12.9. The Kier molecular flexibility index (Phi) is 8.47. The largest absolute Gasteiger partial charge is 0.348 e. The number of nitrogens with zero attached hydrogens (tertiary/aromatic N) is 1. The molecular weight excluding hydrogens is 452 g/mol. The fraction of sp³-hybridized carbons (Fsp3) is 0.276. The van der Waals surface area contributed by atoms with E-state index in [0.717, 1.165) is 19.6 Å². The molecule has 7 nitrogen and oxygen atoms in total. The Morgan fingerprint density at radius 3 is 2.19 bits per heavy atom. The molecule has 0 saturated carbocycles. The van der Waals surface area contributed by atoms with Gasteiger partial charge in [-0.1, -0.05) is 54.6 Å². The number of hydrogen-bond acceptors (Lipinski definition) is 4. The molecule has 1 heterocycles. The van der Waals surface area contributed by atoms with Gasteiger partial charge in [0.1, 0.15) is 0 Å². The van der Waals surface area contributed by atoms with Crippen LogP contribution in [0.5, 0.6) is 0 Å². The third-order valence-corrected chi connectivity index (χ3v) is 6.33. The predicted octanol–water partition coefficient (Wildman–Crippen LogP) is 4.29. The van der Waals surface area contributed by atoms with Crippen molar-refractivity contribution in [1.29, 1.82) is 0 Å². The van der Waals surface area contributed by atoms with E-state index in [9.17, 15) is 14.4 Å². The molecule has 0 aliphatic carbocycles. The molecule has 7 heteroatoms. The third kappa shape index (κ3) is 7.26. The van der Waals surface area contributed by atoms with E-state index in [1.807, 2.05) is 48.5 Å². The molecule has 1 saturated heterocycles. The van der Waals surface area contributed by atoms with Gasteiger partial charge in [-0.15, -0.1) is 0 Å². The topological polar surface area (TPSA) is 90.5 Å². The molecule has 4 rings (SSSR count). The molecular formula is C29H32N4O3. The minimum absolute atomic E-state index is 0.0442. The van der Waals surface area contributed by atoms with Crippen LogP contribution in [0.3, 0.4) is 0 Å². The van der Waals surface area contributed by atoms with Crippen LogP contribution in [0.2, 0.25) is 0 Å². The fourth-order valence-corrected chi connectivity index (χ4v) is 4.65. The molecule has 0 spiro atoms. The van der Waals surface area contributed by atoms with E-state index >= 15 is 0 Å². The summed E-state index contributed by atoms with van der Waals surface area (Å²) < 4.78 is 0. The number of hydrogen-bond donors (Lipinski definition) is 3. The highest BCUT2D eigenvalue weighted by Crippen LogP contribution is 2.25. The van der Waals surface area contributed by atoms with Crippen molar-refractivity contribution in [3.63, 3.8) is 0 Å². The van der Waals surface area contributed by atoms with E-state index in [1.165, 1.54) is 12.5 Å². The molecule has 3 amide bonds. The average Bonchev–Trinajstić information content (AvgIpc) is 3.24. The van der Waals surface area contributed by atoms with Gasteiger partial charge < -0.3 is 16.0 Å². The monoisotopic (exact) mass is 484 g/mol. The summed E-state index contributed by atoms with van der Waals surface area (Å²) in [6.45, 7) is 3.79. The third-order valence-electron chi connectivity index (χ3n) is 6.33. The lowest BCUT2D eigenvalue weighted by Gasteiger charge is -2.20. The lowest BCUT2D eigenvalue weighted by Crippen LogP contribution is -2.40. The Hall–Kier alpha value is -3.97. The highest BCUT2D eigenvalue weighted by Gasteiger charge is 2.34. The van der Waals surface area contributed by atoms with Crippen molar-refractivity contribution < 1.29 is 14.4 Å². The van der Waals surface area contributed by atoms with Crippen LogP contribution in [0, 0.1) is 5.92 Å². The first-order chi connectivity index (χ1) is 17.5. The molecule has 0 bridgehead atoms. The van der Waals surface area contributed by atoms with Crippen LogP contribution in [0.4, 0.5) is 11.4 Å². The normalized spacial score (nSPS) is 17.4. The van der Waals surface area contributed by atoms with Crippen LogP contribution in [0.25, 0.3) is 0 Å². The van der Waals surface area contributed by atoms with Crippen LogP contribution in [-0.2, 0) is 16.1 Å². The molecule has 1 aliphatic heterocycles. The molecule has 186 valence electrons. The number of amides is 3. The zero-order valence-electron chi connectivity index (χ0n) is 20.4. The summed E-state index contributed by atoms with van der Waals surface area (Å²) >= 11 is 0. The first kappa shape index (κ1) is 25.1. The van der Waals surface area contributed by atoms with Crippen molar-refractivity contribution in [3.8, 4) is 0 Å². The lowest BCUT2D eigenvalue weighted by molar-refractivity contribution is -0.116. The van der Waals surface area contributed by atoms with Crippen molar-refractivity contribution >= 4 is 29.1 Å². The number of anilines is 2. The maximum absolute atomic E-state index is 12.9. The second kappa shape index (κ2) is 12.1. The van der Waals surface area contributed by atoms with Gasteiger partial charge in [-0.3, -0.25) is 19.3 Å². The van der Waals surface area contributed by atoms with Gasteiger partial charge in [0, 0.05) is 56.0 Å². The first-order valence-corrected chi connectivity index (χ1v) is 12.3. The molecule has 0 aromatic heterocycles. The standard InChI is InChI=1S/C29H32N4O3/c1-21(34)30-25-13-8-14-26(17-25)31-28(35)16-15-24-19-33(18-22-9-4-2-5-10-22)20-27(24)32-29(36)23-11-6-3-7-12-23/h2-14,17,24,27H,15-16,18-20H2,1H3,(H,30,34)(H,31,35)(H,32,36)/t24-,27+/m0/s1. The number of likely N-dealkylation sites (tertiary alicyclic amines) is 1. The molecule has 0 unspecified atom stereocenters. The van der Waals surface area contributed by atoms with Gasteiger partial charge in [0.25, 0.3) is 5.91 Å². The van der Waals surface area contributed by atoms with Crippen molar-refractivity contribution in [2.24, 2.45) is 5.92 Å². The Morgan fingerprint density at radius 1 is 0.833 bits per heavy atom. The number of rotatable bonds is 9. The summed E-state index contributed by atoms with van der Waals surface area (Å²) in [7, 11) is 0. The summed E-state index contributed by atoms with van der Waals surface area (Å²) in [5, 5.41) is 8.85. The molecule has 3 aromatic carbocycles. The van der Waals surface area contributed by atoms with Gasteiger partial charge in [0.15, 0.2) is 0 Å². The molecule has 3 aromatic rings. The van der Waals surface area contributed by atoms with E-state index in [-0.39, 0.29) is 29.7 Å². The van der Waals surface area contributed by atoms with E-state index in [1.54, 1.807) is 24.3 Å². The quantitative estimate of drug-likeness (QED) is 0.423. The van der Waals surface area contributed by atoms with Crippen molar-refractivity contribution in [1.82, 2.24) is 10.2 Å². The van der Waals surface area contributed by atoms with Crippen LogP contribution < -0.4 is 16.0 Å². The summed E-state index contributed by atoms with van der Waals surface area (Å²) in [5.74, 6) is -0.197. The van der Waals surface area contributed by atoms with Crippen molar-refractivity contribution in [2.45, 2.75) is 32.4 Å². The molecule has 1 aliphatic rings. The molecule has 0 radical (unpaired) electrons. The number of carbonyl (C=O) groups is 3. The highest BCUT2D eigenvalue weighted by molar-refractivity contribution is 5.94. The molecule has 36 heavy (non-hydrogen) atoms.